The monoisotopic (exact) mass is 231 g/mol. The molecule has 2 aromatic heterocycles. The summed E-state index contributed by atoms with van der Waals surface area (Å²) in [6.45, 7) is 4.73. The maximum Gasteiger partial charge on any atom is 0.237 e. The second-order valence-corrected chi connectivity index (χ2v) is 4.10. The van der Waals surface area contributed by atoms with Crippen molar-refractivity contribution in [2.75, 3.05) is 5.32 Å². The van der Waals surface area contributed by atoms with Gasteiger partial charge >= 0.3 is 0 Å². The molecule has 4 heteroatoms. The maximum absolute atomic E-state index is 5.63. The van der Waals surface area contributed by atoms with Crippen LogP contribution in [0.15, 0.2) is 36.8 Å². The predicted octanol–water partition coefficient (Wildman–Crippen LogP) is 2.81. The number of aromatic nitrogens is 2. The molecule has 0 unspecified atom stereocenters. The number of anilines is 1. The van der Waals surface area contributed by atoms with Crippen molar-refractivity contribution in [3.8, 4) is 5.88 Å². The van der Waals surface area contributed by atoms with Crippen molar-refractivity contribution in [3.05, 3.63) is 42.4 Å². The maximum atomic E-state index is 5.63. The number of H-pyrrole nitrogens is 1. The second-order valence-electron chi connectivity index (χ2n) is 4.10. The second kappa shape index (κ2) is 5.39. The van der Waals surface area contributed by atoms with E-state index in [9.17, 15) is 0 Å². The van der Waals surface area contributed by atoms with Gasteiger partial charge in [-0.25, -0.2) is 4.98 Å². The van der Waals surface area contributed by atoms with Crippen LogP contribution in [0.2, 0.25) is 0 Å². The van der Waals surface area contributed by atoms with E-state index in [1.54, 1.807) is 6.20 Å². The minimum Gasteiger partial charge on any atom is -0.473 e. The van der Waals surface area contributed by atoms with E-state index in [1.807, 2.05) is 44.4 Å². The van der Waals surface area contributed by atoms with Gasteiger partial charge in [0.25, 0.3) is 0 Å². The van der Waals surface area contributed by atoms with Gasteiger partial charge in [0, 0.05) is 25.1 Å². The van der Waals surface area contributed by atoms with Crippen LogP contribution in [0.1, 0.15) is 19.4 Å². The summed E-state index contributed by atoms with van der Waals surface area (Å²) in [5.41, 5.74) is 2.12. The van der Waals surface area contributed by atoms with Gasteiger partial charge in [0.1, 0.15) is 0 Å². The summed E-state index contributed by atoms with van der Waals surface area (Å²) in [5, 5.41) is 3.31. The molecule has 0 fully saturated rings. The smallest absolute Gasteiger partial charge is 0.237 e. The number of ether oxygens (including phenoxy) is 1. The first-order chi connectivity index (χ1) is 8.25. The predicted molar refractivity (Wildman–Crippen MR) is 68.1 cm³/mol. The first-order valence-corrected chi connectivity index (χ1v) is 5.73. The summed E-state index contributed by atoms with van der Waals surface area (Å²) in [7, 11) is 0. The Morgan fingerprint density at radius 1 is 1.41 bits per heavy atom. The SMILES string of the molecule is CC(C)Oc1ncccc1NCc1cc[nH]c1. The van der Waals surface area contributed by atoms with Crippen LogP contribution in [-0.2, 0) is 6.54 Å². The summed E-state index contributed by atoms with van der Waals surface area (Å²) in [4.78, 5) is 7.25. The van der Waals surface area contributed by atoms with Crippen molar-refractivity contribution in [2.45, 2.75) is 26.5 Å². The number of nitrogens with zero attached hydrogens (tertiary/aromatic N) is 1. The summed E-state index contributed by atoms with van der Waals surface area (Å²) < 4.78 is 5.63. The number of pyridine rings is 1. The molecular weight excluding hydrogens is 214 g/mol. The summed E-state index contributed by atoms with van der Waals surface area (Å²) >= 11 is 0. The molecule has 0 amide bonds. The van der Waals surface area contributed by atoms with Gasteiger partial charge in [-0.05, 0) is 37.6 Å². The lowest BCUT2D eigenvalue weighted by molar-refractivity contribution is 0.234. The highest BCUT2D eigenvalue weighted by Gasteiger charge is 2.06. The van der Waals surface area contributed by atoms with Gasteiger partial charge in [-0.15, -0.1) is 0 Å². The Labute approximate surface area is 101 Å². The average Bonchev–Trinajstić information content (AvgIpc) is 2.80. The highest BCUT2D eigenvalue weighted by molar-refractivity contribution is 5.52. The van der Waals surface area contributed by atoms with E-state index < -0.39 is 0 Å². The Morgan fingerprint density at radius 3 is 3.00 bits per heavy atom. The molecule has 0 spiro atoms. The molecule has 0 atom stereocenters. The van der Waals surface area contributed by atoms with Crippen LogP contribution in [-0.4, -0.2) is 16.1 Å². The van der Waals surface area contributed by atoms with Crippen LogP contribution in [0.3, 0.4) is 0 Å². The number of rotatable bonds is 5. The first kappa shape index (κ1) is 11.5. The third-order valence-corrected chi connectivity index (χ3v) is 2.26. The quantitative estimate of drug-likeness (QED) is 0.832. The molecule has 0 bridgehead atoms. The van der Waals surface area contributed by atoms with Crippen molar-refractivity contribution in [1.82, 2.24) is 9.97 Å². The van der Waals surface area contributed by atoms with Gasteiger partial charge < -0.3 is 15.0 Å². The molecular formula is C13H17N3O. The van der Waals surface area contributed by atoms with Crippen LogP contribution in [0, 0.1) is 0 Å². The van der Waals surface area contributed by atoms with E-state index in [0.717, 1.165) is 12.2 Å². The van der Waals surface area contributed by atoms with E-state index in [2.05, 4.69) is 15.3 Å². The summed E-state index contributed by atoms with van der Waals surface area (Å²) in [6.07, 6.45) is 5.73. The van der Waals surface area contributed by atoms with E-state index in [1.165, 1.54) is 5.56 Å². The standard InChI is InChI=1S/C13H17N3O/c1-10(2)17-13-12(4-3-6-15-13)16-9-11-5-7-14-8-11/h3-8,10,14,16H,9H2,1-2H3. The molecule has 2 heterocycles. The Bertz CT molecular complexity index is 451. The molecule has 17 heavy (non-hydrogen) atoms. The van der Waals surface area contributed by atoms with Gasteiger partial charge in [0.2, 0.25) is 5.88 Å². The van der Waals surface area contributed by atoms with Crippen molar-refractivity contribution >= 4 is 5.69 Å². The van der Waals surface area contributed by atoms with Crippen molar-refractivity contribution in [1.29, 1.82) is 0 Å². The zero-order valence-corrected chi connectivity index (χ0v) is 10.1. The average molecular weight is 231 g/mol. The molecule has 4 nitrogen and oxygen atoms in total. The Kier molecular flexibility index (Phi) is 3.65. The molecule has 0 saturated heterocycles. The molecule has 0 aliphatic rings. The van der Waals surface area contributed by atoms with Crippen molar-refractivity contribution < 1.29 is 4.74 Å². The molecule has 0 aromatic carbocycles. The van der Waals surface area contributed by atoms with E-state index in [0.29, 0.717) is 5.88 Å². The van der Waals surface area contributed by atoms with Crippen LogP contribution in [0.5, 0.6) is 5.88 Å². The third-order valence-electron chi connectivity index (χ3n) is 2.26. The molecule has 2 aromatic rings. The zero-order chi connectivity index (χ0) is 12.1. The van der Waals surface area contributed by atoms with Crippen LogP contribution in [0.4, 0.5) is 5.69 Å². The van der Waals surface area contributed by atoms with E-state index in [-0.39, 0.29) is 6.10 Å². The Morgan fingerprint density at radius 2 is 2.29 bits per heavy atom. The fraction of sp³-hybridized carbons (Fsp3) is 0.308. The molecule has 0 radical (unpaired) electrons. The van der Waals surface area contributed by atoms with Crippen molar-refractivity contribution in [2.24, 2.45) is 0 Å². The third kappa shape index (κ3) is 3.24. The highest BCUT2D eigenvalue weighted by Crippen LogP contribution is 2.22. The fourth-order valence-corrected chi connectivity index (χ4v) is 1.51. The van der Waals surface area contributed by atoms with Crippen molar-refractivity contribution in [3.63, 3.8) is 0 Å². The molecule has 2 N–H and O–H groups in total. The minimum atomic E-state index is 0.123. The van der Waals surface area contributed by atoms with Gasteiger partial charge in [-0.2, -0.15) is 0 Å². The topological polar surface area (TPSA) is 49.9 Å². The minimum absolute atomic E-state index is 0.123. The highest BCUT2D eigenvalue weighted by atomic mass is 16.5. The summed E-state index contributed by atoms with van der Waals surface area (Å²) in [6, 6.07) is 5.90. The lowest BCUT2D eigenvalue weighted by atomic mass is 10.3. The molecule has 0 aliphatic carbocycles. The number of aromatic amines is 1. The lowest BCUT2D eigenvalue weighted by Crippen LogP contribution is -2.09. The Hall–Kier alpha value is -1.97. The molecule has 2 rings (SSSR count). The largest absolute Gasteiger partial charge is 0.473 e. The molecule has 0 aliphatic heterocycles. The van der Waals surface area contributed by atoms with Crippen LogP contribution < -0.4 is 10.1 Å². The first-order valence-electron chi connectivity index (χ1n) is 5.73. The Balaban J connectivity index is 2.04. The number of hydrogen-bond acceptors (Lipinski definition) is 3. The van der Waals surface area contributed by atoms with Gasteiger partial charge in [-0.1, -0.05) is 0 Å². The normalized spacial score (nSPS) is 10.5. The van der Waals surface area contributed by atoms with Gasteiger partial charge in [0.15, 0.2) is 0 Å². The van der Waals surface area contributed by atoms with Crippen LogP contribution >= 0.6 is 0 Å². The molecule has 0 saturated carbocycles. The van der Waals surface area contributed by atoms with Gasteiger partial charge in [0.05, 0.1) is 11.8 Å². The van der Waals surface area contributed by atoms with Gasteiger partial charge in [-0.3, -0.25) is 0 Å². The number of hydrogen-bond donors (Lipinski definition) is 2. The molecule has 90 valence electrons. The zero-order valence-electron chi connectivity index (χ0n) is 10.1. The fourth-order valence-electron chi connectivity index (χ4n) is 1.51. The van der Waals surface area contributed by atoms with E-state index in [4.69, 9.17) is 4.74 Å². The lowest BCUT2D eigenvalue weighted by Gasteiger charge is -2.13. The van der Waals surface area contributed by atoms with E-state index >= 15 is 0 Å². The summed E-state index contributed by atoms with van der Waals surface area (Å²) in [5.74, 6) is 0.651. The number of nitrogens with one attached hydrogen (secondary N) is 2. The van der Waals surface area contributed by atoms with Crippen LogP contribution in [0.25, 0.3) is 0 Å².